The van der Waals surface area contributed by atoms with E-state index < -0.39 is 17.6 Å². The molecule has 1 heterocycles. The minimum atomic E-state index is -4.44. The summed E-state index contributed by atoms with van der Waals surface area (Å²) in [5.41, 5.74) is 0.772. The number of alkyl halides is 3. The van der Waals surface area contributed by atoms with Crippen molar-refractivity contribution < 1.29 is 22.7 Å². The van der Waals surface area contributed by atoms with Crippen molar-refractivity contribution in [1.82, 2.24) is 9.97 Å². The molecule has 0 spiro atoms. The van der Waals surface area contributed by atoms with E-state index in [1.165, 1.54) is 12.1 Å². The molecule has 8 heteroatoms. The molecule has 3 rings (SSSR count). The first-order valence-corrected chi connectivity index (χ1v) is 8.33. The molecule has 1 amide bonds. The fraction of sp³-hybridized carbons (Fsp3) is 0.150. The van der Waals surface area contributed by atoms with Crippen LogP contribution in [0.15, 0.2) is 60.9 Å². The lowest BCUT2D eigenvalue weighted by Gasteiger charge is -2.11. The van der Waals surface area contributed by atoms with Crippen LogP contribution in [-0.4, -0.2) is 15.9 Å². The Kier molecular flexibility index (Phi) is 5.58. The SMILES string of the molecule is Cc1cc(Oc2ncccn2)ccc1NC(=O)Cc1cccc(C(F)(F)F)c1. The van der Waals surface area contributed by atoms with E-state index in [2.05, 4.69) is 15.3 Å². The van der Waals surface area contributed by atoms with E-state index in [-0.39, 0.29) is 18.0 Å². The van der Waals surface area contributed by atoms with Gasteiger partial charge in [0.05, 0.1) is 12.0 Å². The lowest BCUT2D eigenvalue weighted by molar-refractivity contribution is -0.137. The Bertz CT molecular complexity index is 976. The second-order valence-electron chi connectivity index (χ2n) is 6.03. The fourth-order valence-corrected chi connectivity index (χ4v) is 2.52. The van der Waals surface area contributed by atoms with E-state index in [4.69, 9.17) is 4.74 Å². The zero-order valence-electron chi connectivity index (χ0n) is 14.8. The molecule has 0 atom stereocenters. The second-order valence-corrected chi connectivity index (χ2v) is 6.03. The molecule has 2 aromatic carbocycles. The van der Waals surface area contributed by atoms with Crippen LogP contribution in [0.1, 0.15) is 16.7 Å². The molecule has 0 aliphatic rings. The third kappa shape index (κ3) is 5.06. The van der Waals surface area contributed by atoms with E-state index in [0.29, 0.717) is 11.4 Å². The Hall–Kier alpha value is -3.42. The van der Waals surface area contributed by atoms with Gasteiger partial charge in [-0.3, -0.25) is 4.79 Å². The van der Waals surface area contributed by atoms with Crippen LogP contribution in [-0.2, 0) is 17.4 Å². The number of carbonyl (C=O) groups excluding carboxylic acids is 1. The number of hydrogen-bond donors (Lipinski definition) is 1. The Morgan fingerprint density at radius 1 is 1.07 bits per heavy atom. The van der Waals surface area contributed by atoms with E-state index in [0.717, 1.165) is 17.7 Å². The number of nitrogens with zero attached hydrogens (tertiary/aromatic N) is 2. The third-order valence-corrected chi connectivity index (χ3v) is 3.84. The topological polar surface area (TPSA) is 64.1 Å². The monoisotopic (exact) mass is 387 g/mol. The highest BCUT2D eigenvalue weighted by atomic mass is 19.4. The lowest BCUT2D eigenvalue weighted by atomic mass is 10.1. The minimum Gasteiger partial charge on any atom is -0.424 e. The van der Waals surface area contributed by atoms with Gasteiger partial charge in [-0.05, 0) is 48.4 Å². The highest BCUT2D eigenvalue weighted by Gasteiger charge is 2.30. The molecule has 3 aromatic rings. The number of benzene rings is 2. The van der Waals surface area contributed by atoms with Crippen LogP contribution in [0.3, 0.4) is 0 Å². The number of nitrogens with one attached hydrogen (secondary N) is 1. The molecule has 1 N–H and O–H groups in total. The zero-order chi connectivity index (χ0) is 20.1. The normalized spacial score (nSPS) is 11.1. The number of hydrogen-bond acceptors (Lipinski definition) is 4. The molecule has 0 unspecified atom stereocenters. The molecule has 0 radical (unpaired) electrons. The van der Waals surface area contributed by atoms with Gasteiger partial charge in [-0.2, -0.15) is 13.2 Å². The van der Waals surface area contributed by atoms with Crippen molar-refractivity contribution in [3.8, 4) is 11.8 Å². The second kappa shape index (κ2) is 8.08. The first-order chi connectivity index (χ1) is 13.3. The maximum absolute atomic E-state index is 12.8. The lowest BCUT2D eigenvalue weighted by Crippen LogP contribution is -2.15. The summed E-state index contributed by atoms with van der Waals surface area (Å²) in [6.07, 6.45) is -1.50. The van der Waals surface area contributed by atoms with E-state index in [9.17, 15) is 18.0 Å². The minimum absolute atomic E-state index is 0.167. The van der Waals surface area contributed by atoms with Gasteiger partial charge in [-0.1, -0.05) is 18.2 Å². The Morgan fingerprint density at radius 3 is 2.50 bits per heavy atom. The number of ether oxygens (including phenoxy) is 1. The van der Waals surface area contributed by atoms with Crippen molar-refractivity contribution in [2.45, 2.75) is 19.5 Å². The molecular formula is C20H16F3N3O2. The molecule has 5 nitrogen and oxygen atoms in total. The highest BCUT2D eigenvalue weighted by molar-refractivity contribution is 5.93. The molecule has 0 aliphatic heterocycles. The van der Waals surface area contributed by atoms with Gasteiger partial charge in [0, 0.05) is 18.1 Å². The quantitative estimate of drug-likeness (QED) is 0.685. The average molecular weight is 387 g/mol. The Morgan fingerprint density at radius 2 is 1.82 bits per heavy atom. The molecule has 1 aromatic heterocycles. The fourth-order valence-electron chi connectivity index (χ4n) is 2.52. The van der Waals surface area contributed by atoms with E-state index in [1.54, 1.807) is 43.6 Å². The van der Waals surface area contributed by atoms with Crippen LogP contribution in [0.2, 0.25) is 0 Å². The van der Waals surface area contributed by atoms with Crippen molar-refractivity contribution >= 4 is 11.6 Å². The number of aromatic nitrogens is 2. The molecule has 28 heavy (non-hydrogen) atoms. The van der Waals surface area contributed by atoms with Gasteiger partial charge in [-0.15, -0.1) is 0 Å². The number of rotatable bonds is 5. The van der Waals surface area contributed by atoms with Crippen molar-refractivity contribution in [2.24, 2.45) is 0 Å². The van der Waals surface area contributed by atoms with Crippen LogP contribution in [0.4, 0.5) is 18.9 Å². The van der Waals surface area contributed by atoms with Gasteiger partial charge in [0.25, 0.3) is 0 Å². The number of carbonyl (C=O) groups is 1. The van der Waals surface area contributed by atoms with Crippen LogP contribution < -0.4 is 10.1 Å². The molecule has 0 saturated carbocycles. The Balaban J connectivity index is 1.66. The van der Waals surface area contributed by atoms with Gasteiger partial charge >= 0.3 is 12.2 Å². The van der Waals surface area contributed by atoms with Crippen LogP contribution in [0.25, 0.3) is 0 Å². The highest BCUT2D eigenvalue weighted by Crippen LogP contribution is 2.30. The number of amides is 1. The summed E-state index contributed by atoms with van der Waals surface area (Å²) in [5, 5.41) is 2.70. The van der Waals surface area contributed by atoms with Crippen molar-refractivity contribution in [3.05, 3.63) is 77.6 Å². The van der Waals surface area contributed by atoms with Gasteiger partial charge < -0.3 is 10.1 Å². The van der Waals surface area contributed by atoms with E-state index >= 15 is 0 Å². The molecule has 0 fully saturated rings. The number of halogens is 3. The smallest absolute Gasteiger partial charge is 0.416 e. The van der Waals surface area contributed by atoms with Crippen LogP contribution in [0, 0.1) is 6.92 Å². The van der Waals surface area contributed by atoms with Crippen molar-refractivity contribution in [3.63, 3.8) is 0 Å². The van der Waals surface area contributed by atoms with Crippen LogP contribution in [0.5, 0.6) is 11.8 Å². The summed E-state index contributed by atoms with van der Waals surface area (Å²) >= 11 is 0. The maximum atomic E-state index is 12.8. The van der Waals surface area contributed by atoms with Gasteiger partial charge in [-0.25, -0.2) is 9.97 Å². The summed E-state index contributed by atoms with van der Waals surface area (Å²) in [7, 11) is 0. The van der Waals surface area contributed by atoms with Gasteiger partial charge in [0.15, 0.2) is 0 Å². The molecule has 0 saturated heterocycles. The van der Waals surface area contributed by atoms with Gasteiger partial charge in [0.1, 0.15) is 5.75 Å². The van der Waals surface area contributed by atoms with Crippen molar-refractivity contribution in [1.29, 1.82) is 0 Å². The van der Waals surface area contributed by atoms with Crippen molar-refractivity contribution in [2.75, 3.05) is 5.32 Å². The zero-order valence-corrected chi connectivity index (χ0v) is 14.8. The predicted octanol–water partition coefficient (Wildman–Crippen LogP) is 4.78. The first-order valence-electron chi connectivity index (χ1n) is 8.33. The van der Waals surface area contributed by atoms with Crippen LogP contribution >= 0.6 is 0 Å². The summed E-state index contributed by atoms with van der Waals surface area (Å²) < 4.78 is 43.9. The van der Waals surface area contributed by atoms with E-state index in [1.807, 2.05) is 0 Å². The maximum Gasteiger partial charge on any atom is 0.416 e. The first kappa shape index (κ1) is 19.3. The molecule has 0 bridgehead atoms. The summed E-state index contributed by atoms with van der Waals surface area (Å²) in [4.78, 5) is 20.2. The predicted molar refractivity (Wildman–Crippen MR) is 97.1 cm³/mol. The standard InChI is InChI=1S/C20H16F3N3O2/c1-13-10-16(28-19-24-8-3-9-25-19)6-7-17(13)26-18(27)12-14-4-2-5-15(11-14)20(21,22)23/h2-11H,12H2,1H3,(H,26,27). The molecule has 0 aliphatic carbocycles. The number of aryl methyl sites for hydroxylation is 1. The average Bonchev–Trinajstić information content (AvgIpc) is 2.64. The summed E-state index contributed by atoms with van der Waals surface area (Å²) in [6.45, 7) is 1.78. The summed E-state index contributed by atoms with van der Waals surface area (Å²) in [6, 6.07) is 11.6. The molecular weight excluding hydrogens is 371 g/mol. The summed E-state index contributed by atoms with van der Waals surface area (Å²) in [5.74, 6) is 0.0852. The Labute approximate surface area is 159 Å². The third-order valence-electron chi connectivity index (χ3n) is 3.84. The van der Waals surface area contributed by atoms with Gasteiger partial charge in [0.2, 0.25) is 5.91 Å². The molecule has 144 valence electrons. The number of anilines is 1. The largest absolute Gasteiger partial charge is 0.424 e.